The van der Waals surface area contributed by atoms with E-state index in [1.807, 2.05) is 12.1 Å². The predicted molar refractivity (Wildman–Crippen MR) is 119 cm³/mol. The van der Waals surface area contributed by atoms with Crippen LogP contribution in [0.3, 0.4) is 0 Å². The largest absolute Gasteiger partial charge is 0.445 e. The Hall–Kier alpha value is -3.17. The zero-order valence-corrected chi connectivity index (χ0v) is 18.6. The van der Waals surface area contributed by atoms with Crippen molar-refractivity contribution in [3.8, 4) is 0 Å². The van der Waals surface area contributed by atoms with Crippen LogP contribution in [0.5, 0.6) is 0 Å². The van der Waals surface area contributed by atoms with E-state index in [-0.39, 0.29) is 12.3 Å². The summed E-state index contributed by atoms with van der Waals surface area (Å²) in [5.41, 5.74) is 3.93. The average Bonchev–Trinajstić information content (AvgIpc) is 3.21. The van der Waals surface area contributed by atoms with Crippen LogP contribution in [0.1, 0.15) is 24.0 Å². The Morgan fingerprint density at radius 1 is 1.06 bits per heavy atom. The molecule has 174 valence electrons. The van der Waals surface area contributed by atoms with Gasteiger partial charge in [-0.3, -0.25) is 19.7 Å². The van der Waals surface area contributed by atoms with Crippen LogP contribution >= 0.6 is 0 Å². The van der Waals surface area contributed by atoms with Crippen molar-refractivity contribution in [3.05, 3.63) is 47.5 Å². The minimum absolute atomic E-state index is 0.168. The Bertz CT molecular complexity index is 1100. The number of carbonyl (C=O) groups is 3. The number of piperidine rings is 1. The van der Waals surface area contributed by atoms with Gasteiger partial charge in [-0.1, -0.05) is 36.4 Å². The number of ether oxygens (including phenoxy) is 1. The number of likely N-dealkylation sites (tertiary alicyclic amines) is 2. The van der Waals surface area contributed by atoms with E-state index in [0.717, 1.165) is 28.3 Å². The number of amides is 3. The molecule has 3 atom stereocenters. The lowest BCUT2D eigenvalue weighted by Crippen LogP contribution is -2.60. The fraction of sp³-hybridized carbons (Fsp3) is 0.458. The summed E-state index contributed by atoms with van der Waals surface area (Å²) < 4.78 is 5.60. The summed E-state index contributed by atoms with van der Waals surface area (Å²) in [5.74, 6) is -1.65. The van der Waals surface area contributed by atoms with Crippen LogP contribution in [0.25, 0.3) is 10.8 Å². The van der Waals surface area contributed by atoms with Crippen molar-refractivity contribution in [1.82, 2.24) is 20.2 Å². The monoisotopic (exact) mass is 452 g/mol. The fourth-order valence-electron chi connectivity index (χ4n) is 5.24. The molecule has 2 aromatic carbocycles. The van der Waals surface area contributed by atoms with Crippen molar-refractivity contribution in [3.63, 3.8) is 0 Å². The molecule has 3 unspecified atom stereocenters. The normalized spacial score (nSPS) is 24.8. The van der Waals surface area contributed by atoms with Gasteiger partial charge in [-0.25, -0.2) is 10.3 Å². The van der Waals surface area contributed by atoms with Gasteiger partial charge in [0.2, 0.25) is 11.8 Å². The van der Waals surface area contributed by atoms with Crippen LogP contribution in [0.2, 0.25) is 0 Å². The summed E-state index contributed by atoms with van der Waals surface area (Å²) in [6, 6.07) is 11.5. The number of nitrogens with one attached hydrogen (secondary N) is 1. The van der Waals surface area contributed by atoms with E-state index in [4.69, 9.17) is 4.74 Å². The summed E-state index contributed by atoms with van der Waals surface area (Å²) in [6.07, 6.45) is 0.207. The van der Waals surface area contributed by atoms with Crippen LogP contribution in [0.4, 0.5) is 4.79 Å². The van der Waals surface area contributed by atoms with E-state index in [1.165, 1.54) is 0 Å². The Kier molecular flexibility index (Phi) is 5.67. The second-order valence-corrected chi connectivity index (χ2v) is 9.17. The van der Waals surface area contributed by atoms with Gasteiger partial charge in [0.1, 0.15) is 12.1 Å². The Morgan fingerprint density at radius 2 is 1.85 bits per heavy atom. The zero-order valence-electron chi connectivity index (χ0n) is 18.6. The summed E-state index contributed by atoms with van der Waals surface area (Å²) >= 11 is 0. The standard InChI is InChI=1S/C24H28N4O5/c1-26-13-17(33-24(31)27-9-4-10-27)11-19(22(29)25-32)21(26)23(30)28-12-16-8-7-15-5-2-3-6-18(15)20(16)14-28/h2-3,5-8,17,19,21,32H,4,9-14H2,1H3,(H,25,29). The molecule has 9 nitrogen and oxygen atoms in total. The van der Waals surface area contributed by atoms with Gasteiger partial charge in [0, 0.05) is 32.7 Å². The zero-order chi connectivity index (χ0) is 23.1. The smallest absolute Gasteiger partial charge is 0.410 e. The topological polar surface area (TPSA) is 102 Å². The third kappa shape index (κ3) is 3.91. The fourth-order valence-corrected chi connectivity index (χ4v) is 5.24. The SMILES string of the molecule is CN1CC(OC(=O)N2CCC2)CC(C(=O)NO)C1C(=O)N1Cc2ccc3ccccc3c2C1. The highest BCUT2D eigenvalue weighted by Gasteiger charge is 2.46. The van der Waals surface area contributed by atoms with Crippen molar-refractivity contribution < 1.29 is 24.3 Å². The van der Waals surface area contributed by atoms with Gasteiger partial charge in [0.25, 0.3) is 0 Å². The predicted octanol–water partition coefficient (Wildman–Crippen LogP) is 1.72. The highest BCUT2D eigenvalue weighted by atomic mass is 16.6. The Morgan fingerprint density at radius 3 is 2.58 bits per heavy atom. The van der Waals surface area contributed by atoms with Crippen LogP contribution < -0.4 is 5.48 Å². The van der Waals surface area contributed by atoms with Gasteiger partial charge in [0.05, 0.1) is 5.92 Å². The van der Waals surface area contributed by atoms with Gasteiger partial charge < -0.3 is 14.5 Å². The Labute approximate surface area is 191 Å². The van der Waals surface area contributed by atoms with E-state index in [2.05, 4.69) is 24.3 Å². The molecule has 0 saturated carbocycles. The first-order valence-corrected chi connectivity index (χ1v) is 11.3. The quantitative estimate of drug-likeness (QED) is 0.543. The van der Waals surface area contributed by atoms with Gasteiger partial charge in [-0.2, -0.15) is 0 Å². The van der Waals surface area contributed by atoms with Gasteiger partial charge >= 0.3 is 6.09 Å². The first-order chi connectivity index (χ1) is 16.0. The molecule has 2 saturated heterocycles. The lowest BCUT2D eigenvalue weighted by molar-refractivity contribution is -0.152. The summed E-state index contributed by atoms with van der Waals surface area (Å²) in [4.78, 5) is 43.6. The number of rotatable bonds is 3. The second-order valence-electron chi connectivity index (χ2n) is 9.17. The molecule has 3 heterocycles. The molecule has 0 radical (unpaired) electrons. The highest BCUT2D eigenvalue weighted by Crippen LogP contribution is 2.33. The molecule has 0 spiro atoms. The van der Waals surface area contributed by atoms with Crippen molar-refractivity contribution in [1.29, 1.82) is 0 Å². The minimum atomic E-state index is -0.837. The number of hydroxylamine groups is 1. The molecule has 2 fully saturated rings. The lowest BCUT2D eigenvalue weighted by atomic mass is 9.86. The summed E-state index contributed by atoms with van der Waals surface area (Å²) in [7, 11) is 1.75. The Balaban J connectivity index is 1.34. The van der Waals surface area contributed by atoms with Crippen LogP contribution in [-0.4, -0.2) is 76.6 Å². The van der Waals surface area contributed by atoms with Crippen molar-refractivity contribution in [2.75, 3.05) is 26.7 Å². The van der Waals surface area contributed by atoms with Crippen molar-refractivity contribution in [2.24, 2.45) is 5.92 Å². The van der Waals surface area contributed by atoms with Crippen LogP contribution in [0.15, 0.2) is 36.4 Å². The molecular weight excluding hydrogens is 424 g/mol. The van der Waals surface area contributed by atoms with Crippen LogP contribution in [-0.2, 0) is 27.4 Å². The van der Waals surface area contributed by atoms with E-state index < -0.39 is 30.1 Å². The van der Waals surface area contributed by atoms with E-state index in [0.29, 0.717) is 32.7 Å². The van der Waals surface area contributed by atoms with Crippen molar-refractivity contribution >= 4 is 28.7 Å². The first-order valence-electron chi connectivity index (χ1n) is 11.3. The van der Waals surface area contributed by atoms with Gasteiger partial charge in [0.15, 0.2) is 0 Å². The molecule has 2 N–H and O–H groups in total. The number of carbonyl (C=O) groups excluding carboxylic acids is 3. The molecule has 0 aliphatic carbocycles. The molecule has 5 rings (SSSR count). The maximum atomic E-state index is 13.6. The molecule has 2 aromatic rings. The number of hydrogen-bond acceptors (Lipinski definition) is 6. The van der Waals surface area contributed by atoms with E-state index in [1.54, 1.807) is 27.2 Å². The second kappa shape index (κ2) is 8.64. The number of nitrogens with zero attached hydrogens (tertiary/aromatic N) is 3. The number of likely N-dealkylation sites (N-methyl/N-ethyl adjacent to an activating group) is 1. The molecule has 0 bridgehead atoms. The average molecular weight is 453 g/mol. The first kappa shape index (κ1) is 21.7. The van der Waals surface area contributed by atoms with Gasteiger partial charge in [-0.05, 0) is 41.8 Å². The number of fused-ring (bicyclic) bond motifs is 3. The number of hydrogen-bond donors (Lipinski definition) is 2. The van der Waals surface area contributed by atoms with E-state index in [9.17, 15) is 19.6 Å². The van der Waals surface area contributed by atoms with Crippen LogP contribution in [0, 0.1) is 5.92 Å². The van der Waals surface area contributed by atoms with Crippen molar-refractivity contribution in [2.45, 2.75) is 38.1 Å². The molecule has 9 heteroatoms. The molecule has 3 aliphatic heterocycles. The highest BCUT2D eigenvalue weighted by molar-refractivity contribution is 5.92. The molecule has 3 aliphatic rings. The molecule has 33 heavy (non-hydrogen) atoms. The third-order valence-electron chi connectivity index (χ3n) is 7.11. The maximum absolute atomic E-state index is 13.6. The lowest BCUT2D eigenvalue weighted by Gasteiger charge is -2.42. The minimum Gasteiger partial charge on any atom is -0.445 e. The van der Waals surface area contributed by atoms with Gasteiger partial charge in [-0.15, -0.1) is 0 Å². The third-order valence-corrected chi connectivity index (χ3v) is 7.11. The summed E-state index contributed by atoms with van der Waals surface area (Å²) in [5, 5.41) is 11.6. The number of benzene rings is 2. The molecule has 0 aromatic heterocycles. The molecule has 3 amide bonds. The molecular formula is C24H28N4O5. The summed E-state index contributed by atoms with van der Waals surface area (Å²) in [6.45, 7) is 2.64. The maximum Gasteiger partial charge on any atom is 0.410 e. The van der Waals surface area contributed by atoms with E-state index >= 15 is 0 Å².